The average Bonchev–Trinajstić information content (AvgIpc) is 2.07. The normalized spacial score (nSPS) is 13.2. The van der Waals surface area contributed by atoms with E-state index in [9.17, 15) is 0 Å². The minimum absolute atomic E-state index is 0.155. The van der Waals surface area contributed by atoms with Crippen LogP contribution in [0.1, 0.15) is 26.0 Å². The van der Waals surface area contributed by atoms with Gasteiger partial charge in [-0.25, -0.2) is 0 Å². The average molecular weight is 213 g/mol. The molecule has 2 N–H and O–H groups in total. The minimum Gasteiger partial charge on any atom is -0.327 e. The van der Waals surface area contributed by atoms with Crippen LogP contribution in [0, 0.1) is 5.92 Å². The van der Waals surface area contributed by atoms with E-state index in [-0.39, 0.29) is 6.04 Å². The van der Waals surface area contributed by atoms with Gasteiger partial charge < -0.3 is 5.73 Å². The molecule has 14 heavy (non-hydrogen) atoms. The van der Waals surface area contributed by atoms with Gasteiger partial charge in [0.1, 0.15) is 0 Å². The summed E-state index contributed by atoms with van der Waals surface area (Å²) in [6, 6.07) is 3.84. The Hall–Kier alpha value is -0.600. The van der Waals surface area contributed by atoms with Crippen molar-refractivity contribution in [1.29, 1.82) is 0 Å². The van der Waals surface area contributed by atoms with Crippen molar-refractivity contribution in [3.8, 4) is 0 Å². The van der Waals surface area contributed by atoms with Crippen LogP contribution >= 0.6 is 11.6 Å². The van der Waals surface area contributed by atoms with E-state index in [0.717, 1.165) is 18.5 Å². The maximum atomic E-state index is 5.99. The maximum absolute atomic E-state index is 5.99. The second-order valence-electron chi connectivity index (χ2n) is 4.03. The Morgan fingerprint density at radius 3 is 2.79 bits per heavy atom. The number of hydrogen-bond acceptors (Lipinski definition) is 2. The Morgan fingerprint density at radius 2 is 2.21 bits per heavy atom. The van der Waals surface area contributed by atoms with Crippen molar-refractivity contribution in [2.24, 2.45) is 11.7 Å². The molecule has 1 heterocycles. The third-order valence-corrected chi connectivity index (χ3v) is 2.41. The summed E-state index contributed by atoms with van der Waals surface area (Å²) in [6.45, 7) is 4.33. The lowest BCUT2D eigenvalue weighted by Gasteiger charge is -2.13. The van der Waals surface area contributed by atoms with Gasteiger partial charge in [0.15, 0.2) is 0 Å². The Kier molecular flexibility index (Phi) is 4.36. The summed E-state index contributed by atoms with van der Waals surface area (Å²) in [6.07, 6.45) is 3.52. The fraction of sp³-hybridized carbons (Fsp3) is 0.545. The molecule has 0 amide bonds. The second kappa shape index (κ2) is 5.32. The predicted octanol–water partition coefficient (Wildman–Crippen LogP) is 2.65. The molecule has 1 atom stereocenters. The van der Waals surface area contributed by atoms with Gasteiger partial charge in [-0.3, -0.25) is 4.98 Å². The van der Waals surface area contributed by atoms with Crippen molar-refractivity contribution in [2.45, 2.75) is 32.7 Å². The van der Waals surface area contributed by atoms with Crippen LogP contribution in [0.2, 0.25) is 5.02 Å². The zero-order valence-electron chi connectivity index (χ0n) is 8.70. The standard InChI is InChI=1S/C11H17ClN2/c1-8(2)6-9(13)7-11-10(12)4-3-5-14-11/h3-5,8-9H,6-7,13H2,1-2H3. The zero-order valence-corrected chi connectivity index (χ0v) is 9.46. The number of nitrogens with two attached hydrogens (primary N) is 1. The molecular weight excluding hydrogens is 196 g/mol. The van der Waals surface area contributed by atoms with Gasteiger partial charge in [-0.15, -0.1) is 0 Å². The molecule has 0 radical (unpaired) electrons. The molecule has 1 rings (SSSR count). The topological polar surface area (TPSA) is 38.9 Å². The second-order valence-corrected chi connectivity index (χ2v) is 4.43. The molecular formula is C11H17ClN2. The number of halogens is 1. The summed E-state index contributed by atoms with van der Waals surface area (Å²) in [5.74, 6) is 0.618. The first-order valence-corrected chi connectivity index (χ1v) is 5.32. The Labute approximate surface area is 90.5 Å². The molecule has 0 aromatic carbocycles. The third kappa shape index (κ3) is 3.64. The fourth-order valence-corrected chi connectivity index (χ4v) is 1.70. The molecule has 0 aliphatic rings. The lowest BCUT2D eigenvalue weighted by atomic mass is 10.0. The highest BCUT2D eigenvalue weighted by Gasteiger charge is 2.09. The van der Waals surface area contributed by atoms with E-state index in [1.807, 2.05) is 12.1 Å². The van der Waals surface area contributed by atoms with Gasteiger partial charge >= 0.3 is 0 Å². The highest BCUT2D eigenvalue weighted by atomic mass is 35.5. The number of rotatable bonds is 4. The molecule has 0 aliphatic carbocycles. The van der Waals surface area contributed by atoms with E-state index < -0.39 is 0 Å². The van der Waals surface area contributed by atoms with Crippen LogP contribution in [0.15, 0.2) is 18.3 Å². The van der Waals surface area contributed by atoms with E-state index in [4.69, 9.17) is 17.3 Å². The predicted molar refractivity (Wildman–Crippen MR) is 60.4 cm³/mol. The van der Waals surface area contributed by atoms with Crippen molar-refractivity contribution in [1.82, 2.24) is 4.98 Å². The number of pyridine rings is 1. The zero-order chi connectivity index (χ0) is 10.6. The number of aromatic nitrogens is 1. The van der Waals surface area contributed by atoms with Crippen molar-refractivity contribution < 1.29 is 0 Å². The largest absolute Gasteiger partial charge is 0.327 e. The van der Waals surface area contributed by atoms with Crippen molar-refractivity contribution in [3.05, 3.63) is 29.0 Å². The van der Waals surface area contributed by atoms with Crippen LogP contribution < -0.4 is 5.73 Å². The van der Waals surface area contributed by atoms with Crippen LogP contribution in [0.25, 0.3) is 0 Å². The molecule has 1 aromatic rings. The van der Waals surface area contributed by atoms with E-state index in [0.29, 0.717) is 10.9 Å². The van der Waals surface area contributed by atoms with Crippen LogP contribution in [0.4, 0.5) is 0 Å². The van der Waals surface area contributed by atoms with Gasteiger partial charge in [0.05, 0.1) is 10.7 Å². The van der Waals surface area contributed by atoms with Crippen molar-refractivity contribution in [3.63, 3.8) is 0 Å². The fourth-order valence-electron chi connectivity index (χ4n) is 1.51. The van der Waals surface area contributed by atoms with E-state index >= 15 is 0 Å². The van der Waals surface area contributed by atoms with Gasteiger partial charge in [0.25, 0.3) is 0 Å². The number of nitrogens with zero attached hydrogens (tertiary/aromatic N) is 1. The molecule has 0 fully saturated rings. The van der Waals surface area contributed by atoms with Gasteiger partial charge in [0, 0.05) is 18.7 Å². The lowest BCUT2D eigenvalue weighted by Crippen LogP contribution is -2.25. The Balaban J connectivity index is 2.56. The van der Waals surface area contributed by atoms with Gasteiger partial charge in [0.2, 0.25) is 0 Å². The first kappa shape index (κ1) is 11.5. The molecule has 1 unspecified atom stereocenters. The van der Waals surface area contributed by atoms with Crippen LogP contribution in [0.5, 0.6) is 0 Å². The quantitative estimate of drug-likeness (QED) is 0.834. The van der Waals surface area contributed by atoms with Crippen LogP contribution in [-0.2, 0) is 6.42 Å². The first-order valence-electron chi connectivity index (χ1n) is 4.94. The molecule has 78 valence electrons. The summed E-state index contributed by atoms with van der Waals surface area (Å²) in [4.78, 5) is 4.21. The molecule has 0 bridgehead atoms. The SMILES string of the molecule is CC(C)CC(N)Cc1ncccc1Cl. The minimum atomic E-state index is 0.155. The molecule has 2 nitrogen and oxygen atoms in total. The lowest BCUT2D eigenvalue weighted by molar-refractivity contribution is 0.490. The van der Waals surface area contributed by atoms with E-state index in [1.165, 1.54) is 0 Å². The molecule has 0 saturated heterocycles. The summed E-state index contributed by atoms with van der Waals surface area (Å²) in [7, 11) is 0. The van der Waals surface area contributed by atoms with E-state index in [1.54, 1.807) is 6.20 Å². The van der Waals surface area contributed by atoms with E-state index in [2.05, 4.69) is 18.8 Å². The monoisotopic (exact) mass is 212 g/mol. The van der Waals surface area contributed by atoms with Crippen molar-refractivity contribution in [2.75, 3.05) is 0 Å². The summed E-state index contributed by atoms with van der Waals surface area (Å²) >= 11 is 5.99. The van der Waals surface area contributed by atoms with Crippen LogP contribution in [-0.4, -0.2) is 11.0 Å². The molecule has 0 spiro atoms. The molecule has 0 aliphatic heterocycles. The number of hydrogen-bond donors (Lipinski definition) is 1. The summed E-state index contributed by atoms with van der Waals surface area (Å²) < 4.78 is 0. The maximum Gasteiger partial charge on any atom is 0.0622 e. The Morgan fingerprint density at radius 1 is 1.50 bits per heavy atom. The van der Waals surface area contributed by atoms with Gasteiger partial charge in [-0.1, -0.05) is 25.4 Å². The van der Waals surface area contributed by atoms with Crippen molar-refractivity contribution >= 4 is 11.6 Å². The van der Waals surface area contributed by atoms with Gasteiger partial charge in [-0.2, -0.15) is 0 Å². The third-order valence-electron chi connectivity index (χ3n) is 2.06. The smallest absolute Gasteiger partial charge is 0.0622 e. The summed E-state index contributed by atoms with van der Waals surface area (Å²) in [5, 5.41) is 0.715. The Bertz CT molecular complexity index is 286. The van der Waals surface area contributed by atoms with Gasteiger partial charge in [-0.05, 0) is 24.5 Å². The molecule has 1 aromatic heterocycles. The molecule has 0 saturated carbocycles. The highest BCUT2D eigenvalue weighted by molar-refractivity contribution is 6.31. The van der Waals surface area contributed by atoms with Crippen LogP contribution in [0.3, 0.4) is 0 Å². The molecule has 3 heteroatoms. The highest BCUT2D eigenvalue weighted by Crippen LogP contribution is 2.15. The summed E-state index contributed by atoms with van der Waals surface area (Å²) in [5.41, 5.74) is 6.88. The first-order chi connectivity index (χ1) is 6.59.